The van der Waals surface area contributed by atoms with Gasteiger partial charge in [-0.1, -0.05) is 6.92 Å². The number of aryl methyl sites for hydroxylation is 1. The Hall–Kier alpha value is -0.810. The number of rotatable bonds is 4. The van der Waals surface area contributed by atoms with E-state index in [2.05, 4.69) is 9.97 Å². The van der Waals surface area contributed by atoms with Crippen LogP contribution in [0.5, 0.6) is 0 Å². The first-order chi connectivity index (χ1) is 6.99. The van der Waals surface area contributed by atoms with Crippen molar-refractivity contribution in [1.82, 2.24) is 9.97 Å². The molecular formula is C10H17N3OS. The Labute approximate surface area is 94.3 Å². The number of nitrogens with zero attached hydrogens (tertiary/aromatic N) is 2. The van der Waals surface area contributed by atoms with Crippen LogP contribution in [-0.2, 0) is 5.75 Å². The van der Waals surface area contributed by atoms with Crippen LogP contribution in [0.4, 0.5) is 5.82 Å². The minimum atomic E-state index is -0.322. The first-order valence-corrected chi connectivity index (χ1v) is 5.93. The summed E-state index contributed by atoms with van der Waals surface area (Å²) in [5.74, 6) is 1.91. The third-order valence-corrected chi connectivity index (χ3v) is 3.42. The van der Waals surface area contributed by atoms with Crippen molar-refractivity contribution in [2.24, 2.45) is 0 Å². The lowest BCUT2D eigenvalue weighted by molar-refractivity contribution is 0.196. The largest absolute Gasteiger partial charge is 0.392 e. The Morgan fingerprint density at radius 3 is 2.67 bits per heavy atom. The Kier molecular flexibility index (Phi) is 4.35. The molecule has 0 aromatic carbocycles. The highest BCUT2D eigenvalue weighted by Crippen LogP contribution is 2.18. The van der Waals surface area contributed by atoms with Crippen molar-refractivity contribution in [3.8, 4) is 0 Å². The van der Waals surface area contributed by atoms with Crippen LogP contribution in [0.3, 0.4) is 0 Å². The van der Waals surface area contributed by atoms with Crippen LogP contribution < -0.4 is 5.73 Å². The fourth-order valence-electron chi connectivity index (χ4n) is 1.07. The van der Waals surface area contributed by atoms with Gasteiger partial charge in [-0.3, -0.25) is 0 Å². The predicted octanol–water partition coefficient (Wildman–Crippen LogP) is 1.37. The number of thioether (sulfide) groups is 1. The fraction of sp³-hybridized carbons (Fsp3) is 0.600. The normalized spacial score (nSPS) is 14.9. The summed E-state index contributed by atoms with van der Waals surface area (Å²) in [5, 5.41) is 9.50. The SMILES string of the molecule is Cc1cc(N)nc(CSC(C)C(C)O)n1. The van der Waals surface area contributed by atoms with Gasteiger partial charge in [-0.05, 0) is 13.8 Å². The number of aromatic nitrogens is 2. The summed E-state index contributed by atoms with van der Waals surface area (Å²) in [4.78, 5) is 8.40. The maximum Gasteiger partial charge on any atom is 0.140 e. The highest BCUT2D eigenvalue weighted by atomic mass is 32.2. The first-order valence-electron chi connectivity index (χ1n) is 4.88. The number of aliphatic hydroxyl groups excluding tert-OH is 1. The van der Waals surface area contributed by atoms with Crippen LogP contribution in [-0.4, -0.2) is 26.4 Å². The molecule has 0 fully saturated rings. The van der Waals surface area contributed by atoms with Crippen molar-refractivity contribution in [2.45, 2.75) is 37.9 Å². The van der Waals surface area contributed by atoms with Crippen molar-refractivity contribution in [3.63, 3.8) is 0 Å². The van der Waals surface area contributed by atoms with Crippen LogP contribution in [0.25, 0.3) is 0 Å². The Morgan fingerprint density at radius 1 is 1.47 bits per heavy atom. The van der Waals surface area contributed by atoms with Crippen LogP contribution in [0.1, 0.15) is 25.4 Å². The number of aliphatic hydroxyl groups is 1. The van der Waals surface area contributed by atoms with E-state index in [0.717, 1.165) is 11.5 Å². The Morgan fingerprint density at radius 2 is 2.13 bits per heavy atom. The molecule has 84 valence electrons. The van der Waals surface area contributed by atoms with Gasteiger partial charge >= 0.3 is 0 Å². The Bertz CT molecular complexity index is 310. The average molecular weight is 227 g/mol. The summed E-state index contributed by atoms with van der Waals surface area (Å²) in [6.45, 7) is 5.65. The van der Waals surface area contributed by atoms with Crippen LogP contribution >= 0.6 is 11.8 Å². The molecule has 0 aliphatic rings. The predicted molar refractivity (Wildman–Crippen MR) is 63.6 cm³/mol. The van der Waals surface area contributed by atoms with Gasteiger partial charge in [-0.15, -0.1) is 11.8 Å². The second-order valence-corrected chi connectivity index (χ2v) is 4.97. The summed E-state index contributed by atoms with van der Waals surface area (Å²) in [6, 6.07) is 1.74. The van der Waals surface area contributed by atoms with Gasteiger partial charge in [0, 0.05) is 17.0 Å². The third kappa shape index (κ3) is 4.05. The lowest BCUT2D eigenvalue weighted by Gasteiger charge is -2.13. The molecule has 5 heteroatoms. The zero-order chi connectivity index (χ0) is 11.4. The minimum absolute atomic E-state index is 0.176. The molecule has 1 heterocycles. The number of hydrogen-bond acceptors (Lipinski definition) is 5. The molecule has 1 rings (SSSR count). The highest BCUT2D eigenvalue weighted by molar-refractivity contribution is 7.99. The maximum absolute atomic E-state index is 9.32. The molecule has 0 bridgehead atoms. The molecule has 0 radical (unpaired) electrons. The van der Waals surface area contributed by atoms with Gasteiger partial charge in [0.1, 0.15) is 11.6 Å². The molecule has 1 aromatic rings. The number of hydrogen-bond donors (Lipinski definition) is 2. The average Bonchev–Trinajstić information content (AvgIpc) is 2.12. The van der Waals surface area contributed by atoms with Crippen molar-refractivity contribution in [1.29, 1.82) is 0 Å². The van der Waals surface area contributed by atoms with E-state index in [0.29, 0.717) is 11.6 Å². The van der Waals surface area contributed by atoms with E-state index in [4.69, 9.17) is 5.73 Å². The quantitative estimate of drug-likeness (QED) is 0.813. The van der Waals surface area contributed by atoms with E-state index < -0.39 is 0 Å². The lowest BCUT2D eigenvalue weighted by Crippen LogP contribution is -2.15. The topological polar surface area (TPSA) is 72.0 Å². The molecule has 4 nitrogen and oxygen atoms in total. The molecule has 0 amide bonds. The standard InChI is InChI=1S/C10H17N3OS/c1-6-4-9(11)13-10(12-6)5-15-8(3)7(2)14/h4,7-8,14H,5H2,1-3H3,(H2,11,12,13). The van der Waals surface area contributed by atoms with E-state index in [9.17, 15) is 5.11 Å². The van der Waals surface area contributed by atoms with Crippen molar-refractivity contribution < 1.29 is 5.11 Å². The second kappa shape index (κ2) is 5.32. The summed E-state index contributed by atoms with van der Waals surface area (Å²) >= 11 is 1.62. The minimum Gasteiger partial charge on any atom is -0.392 e. The van der Waals surface area contributed by atoms with Crippen LogP contribution in [0, 0.1) is 6.92 Å². The zero-order valence-corrected chi connectivity index (χ0v) is 10.1. The summed E-state index contributed by atoms with van der Waals surface area (Å²) in [6.07, 6.45) is -0.322. The van der Waals surface area contributed by atoms with Gasteiger partial charge in [-0.25, -0.2) is 9.97 Å². The van der Waals surface area contributed by atoms with E-state index in [1.54, 1.807) is 24.8 Å². The fourth-order valence-corrected chi connectivity index (χ4v) is 1.89. The van der Waals surface area contributed by atoms with Gasteiger partial charge in [0.05, 0.1) is 11.9 Å². The molecule has 2 unspecified atom stereocenters. The summed E-state index contributed by atoms with van der Waals surface area (Å²) < 4.78 is 0. The smallest absolute Gasteiger partial charge is 0.140 e. The maximum atomic E-state index is 9.32. The van der Waals surface area contributed by atoms with Crippen molar-refractivity contribution in [2.75, 3.05) is 5.73 Å². The number of nitrogen functional groups attached to an aromatic ring is 1. The highest BCUT2D eigenvalue weighted by Gasteiger charge is 2.10. The van der Waals surface area contributed by atoms with Gasteiger partial charge in [0.25, 0.3) is 0 Å². The van der Waals surface area contributed by atoms with Crippen molar-refractivity contribution in [3.05, 3.63) is 17.6 Å². The molecule has 0 saturated carbocycles. The monoisotopic (exact) mass is 227 g/mol. The van der Waals surface area contributed by atoms with E-state index in [1.165, 1.54) is 0 Å². The molecule has 15 heavy (non-hydrogen) atoms. The van der Waals surface area contributed by atoms with Gasteiger partial charge in [-0.2, -0.15) is 0 Å². The molecule has 0 aliphatic carbocycles. The molecule has 0 aliphatic heterocycles. The van der Waals surface area contributed by atoms with Crippen molar-refractivity contribution >= 4 is 17.6 Å². The Balaban J connectivity index is 2.57. The third-order valence-electron chi connectivity index (χ3n) is 2.08. The van der Waals surface area contributed by atoms with Crippen LogP contribution in [0.2, 0.25) is 0 Å². The van der Waals surface area contributed by atoms with Gasteiger partial charge in [0.15, 0.2) is 0 Å². The lowest BCUT2D eigenvalue weighted by atomic mass is 10.3. The first kappa shape index (κ1) is 12.3. The molecule has 0 saturated heterocycles. The molecule has 1 aromatic heterocycles. The van der Waals surface area contributed by atoms with Crippen LogP contribution in [0.15, 0.2) is 6.07 Å². The van der Waals surface area contributed by atoms with E-state index >= 15 is 0 Å². The van der Waals surface area contributed by atoms with Gasteiger partial charge < -0.3 is 10.8 Å². The summed E-state index contributed by atoms with van der Waals surface area (Å²) in [5.41, 5.74) is 6.49. The van der Waals surface area contributed by atoms with E-state index in [1.807, 2.05) is 13.8 Å². The molecule has 3 N–H and O–H groups in total. The van der Waals surface area contributed by atoms with Gasteiger partial charge in [0.2, 0.25) is 0 Å². The van der Waals surface area contributed by atoms with E-state index in [-0.39, 0.29) is 11.4 Å². The molecule has 0 spiro atoms. The zero-order valence-electron chi connectivity index (χ0n) is 9.27. The number of nitrogens with two attached hydrogens (primary N) is 1. The molecular weight excluding hydrogens is 210 g/mol. The second-order valence-electron chi connectivity index (χ2n) is 3.61. The molecule has 2 atom stereocenters. The number of anilines is 1. The summed E-state index contributed by atoms with van der Waals surface area (Å²) in [7, 11) is 0.